The minimum Gasteiger partial charge on any atom is -0.497 e. The topological polar surface area (TPSA) is 81.7 Å². The monoisotopic (exact) mass is 518 g/mol. The highest BCUT2D eigenvalue weighted by molar-refractivity contribution is 6.05. The predicted octanol–water partition coefficient (Wildman–Crippen LogP) is 5.70. The zero-order valence-electron chi connectivity index (χ0n) is 22.0. The molecule has 8 nitrogen and oxygen atoms in total. The minimum atomic E-state index is -1.47. The molecule has 38 heavy (non-hydrogen) atoms. The normalized spacial score (nSPS) is 21.3. The van der Waals surface area contributed by atoms with Crippen molar-refractivity contribution in [2.24, 2.45) is 0 Å². The molecule has 0 amide bonds. The van der Waals surface area contributed by atoms with Crippen LogP contribution >= 0.6 is 0 Å². The predicted molar refractivity (Wildman–Crippen MR) is 141 cm³/mol. The summed E-state index contributed by atoms with van der Waals surface area (Å²) in [4.78, 5) is 12.7. The highest BCUT2D eigenvalue weighted by Crippen LogP contribution is 2.64. The van der Waals surface area contributed by atoms with Crippen molar-refractivity contribution in [3.05, 3.63) is 83.4 Å². The zero-order chi connectivity index (χ0) is 26.9. The van der Waals surface area contributed by atoms with Gasteiger partial charge in [0, 0.05) is 24.3 Å². The van der Waals surface area contributed by atoms with Crippen molar-refractivity contribution < 1.29 is 38.0 Å². The molecule has 5 rings (SSSR count). The zero-order valence-corrected chi connectivity index (χ0v) is 22.0. The lowest BCUT2D eigenvalue weighted by Crippen LogP contribution is -2.49. The Balaban J connectivity index is 1.87. The minimum absolute atomic E-state index is 0.287. The van der Waals surface area contributed by atoms with Crippen LogP contribution in [-0.4, -0.2) is 53.1 Å². The summed E-state index contributed by atoms with van der Waals surface area (Å²) in [6.45, 7) is 2.16. The van der Waals surface area contributed by atoms with E-state index in [1.54, 1.807) is 33.5 Å². The molecule has 0 saturated carbocycles. The molecule has 0 radical (unpaired) electrons. The van der Waals surface area contributed by atoms with E-state index in [1.165, 1.54) is 7.11 Å². The molecule has 3 aromatic carbocycles. The van der Waals surface area contributed by atoms with Crippen molar-refractivity contribution in [2.75, 3.05) is 35.0 Å². The Labute approximate surface area is 221 Å². The molecule has 1 heterocycles. The number of hydrogen-bond donors (Lipinski definition) is 0. The number of fused-ring (bicyclic) bond motifs is 3. The lowest BCUT2D eigenvalue weighted by atomic mass is 9.85. The number of hydrogen-bond acceptors (Lipinski definition) is 8. The van der Waals surface area contributed by atoms with Gasteiger partial charge in [-0.05, 0) is 35.8 Å². The van der Waals surface area contributed by atoms with Gasteiger partial charge in [0.1, 0.15) is 23.0 Å². The van der Waals surface area contributed by atoms with Gasteiger partial charge < -0.3 is 33.2 Å². The van der Waals surface area contributed by atoms with Crippen LogP contribution in [0.2, 0.25) is 0 Å². The van der Waals surface area contributed by atoms with Crippen LogP contribution in [0.1, 0.15) is 29.5 Å². The Hall–Kier alpha value is -4.17. The van der Waals surface area contributed by atoms with E-state index in [4.69, 9.17) is 33.2 Å². The van der Waals surface area contributed by atoms with Gasteiger partial charge in [-0.2, -0.15) is 0 Å². The third-order valence-corrected chi connectivity index (χ3v) is 6.92. The Morgan fingerprint density at radius 1 is 0.895 bits per heavy atom. The van der Waals surface area contributed by atoms with E-state index < -0.39 is 24.0 Å². The molecule has 0 fully saturated rings. The summed E-state index contributed by atoms with van der Waals surface area (Å²) in [7, 11) is 6.07. The van der Waals surface area contributed by atoms with Crippen molar-refractivity contribution in [3.8, 4) is 23.0 Å². The molecule has 0 saturated heterocycles. The van der Waals surface area contributed by atoms with Crippen LogP contribution in [-0.2, 0) is 14.2 Å². The summed E-state index contributed by atoms with van der Waals surface area (Å²) in [5, 5.41) is 0. The molecule has 0 bridgehead atoms. The summed E-state index contributed by atoms with van der Waals surface area (Å²) in [5.74, 6) is 0.403. The van der Waals surface area contributed by atoms with Gasteiger partial charge >= 0.3 is 6.16 Å². The first-order valence-corrected chi connectivity index (χ1v) is 12.3. The number of benzene rings is 3. The summed E-state index contributed by atoms with van der Waals surface area (Å²) >= 11 is 0. The second-order valence-electron chi connectivity index (χ2n) is 8.80. The van der Waals surface area contributed by atoms with Gasteiger partial charge in [0.2, 0.25) is 0 Å². The number of rotatable bonds is 8. The molecule has 2 aliphatic rings. The maximum atomic E-state index is 12.7. The van der Waals surface area contributed by atoms with Gasteiger partial charge in [0.15, 0.2) is 6.10 Å². The molecule has 8 heteroatoms. The average molecular weight is 519 g/mol. The summed E-state index contributed by atoms with van der Waals surface area (Å²) in [6, 6.07) is 21.1. The molecule has 0 spiro atoms. The van der Waals surface area contributed by atoms with E-state index >= 15 is 0 Å². The Kier molecular flexibility index (Phi) is 6.91. The van der Waals surface area contributed by atoms with Crippen molar-refractivity contribution in [1.82, 2.24) is 0 Å². The lowest BCUT2D eigenvalue weighted by Gasteiger charge is -2.34. The summed E-state index contributed by atoms with van der Waals surface area (Å²) in [6.07, 6.45) is -1.76. The first-order valence-electron chi connectivity index (χ1n) is 12.3. The fourth-order valence-corrected chi connectivity index (χ4v) is 5.40. The van der Waals surface area contributed by atoms with E-state index in [0.29, 0.717) is 22.8 Å². The quantitative estimate of drug-likeness (QED) is 0.352. The molecule has 0 N–H and O–H groups in total. The van der Waals surface area contributed by atoms with E-state index in [-0.39, 0.29) is 6.61 Å². The van der Waals surface area contributed by atoms with Crippen LogP contribution in [0, 0.1) is 0 Å². The van der Waals surface area contributed by atoms with Crippen LogP contribution in [0.25, 0.3) is 11.1 Å². The molecule has 0 aromatic heterocycles. The smallest absolute Gasteiger partial charge is 0.497 e. The van der Waals surface area contributed by atoms with Crippen LogP contribution < -0.4 is 18.9 Å². The molecule has 3 atom stereocenters. The van der Waals surface area contributed by atoms with Crippen LogP contribution in [0.5, 0.6) is 23.0 Å². The van der Waals surface area contributed by atoms with Crippen molar-refractivity contribution in [1.29, 1.82) is 0 Å². The molecule has 198 valence electrons. The van der Waals surface area contributed by atoms with Crippen molar-refractivity contribution >= 4 is 17.3 Å². The van der Waals surface area contributed by atoms with Gasteiger partial charge in [-0.3, -0.25) is 0 Å². The van der Waals surface area contributed by atoms with Gasteiger partial charge in [-0.25, -0.2) is 4.79 Å². The SMILES string of the molecule is CCO[C@@]12Oc3cc(OC)cc(OC)c3C1=C(c1ccc(OC)cc1)[C@@H](c1ccccc1)[C@H]2OC(=O)OC. The lowest BCUT2D eigenvalue weighted by molar-refractivity contribution is -0.191. The Bertz CT molecular complexity index is 1350. The number of carbonyl (C=O) groups is 1. The fourth-order valence-electron chi connectivity index (χ4n) is 5.40. The number of carbonyl (C=O) groups excluding carboxylic acids is 1. The van der Waals surface area contributed by atoms with Crippen molar-refractivity contribution in [2.45, 2.75) is 24.7 Å². The maximum Gasteiger partial charge on any atom is 0.508 e. The first kappa shape index (κ1) is 25.5. The van der Waals surface area contributed by atoms with Crippen LogP contribution in [0.15, 0.2) is 66.7 Å². The fraction of sp³-hybridized carbons (Fsp3) is 0.300. The van der Waals surface area contributed by atoms with Gasteiger partial charge in [0.05, 0.1) is 39.9 Å². The van der Waals surface area contributed by atoms with Crippen molar-refractivity contribution in [3.63, 3.8) is 0 Å². The van der Waals surface area contributed by atoms with Gasteiger partial charge in [-0.15, -0.1) is 0 Å². The number of ether oxygens (including phenoxy) is 7. The first-order chi connectivity index (χ1) is 18.5. The van der Waals surface area contributed by atoms with E-state index in [2.05, 4.69) is 0 Å². The van der Waals surface area contributed by atoms with E-state index in [1.807, 2.05) is 61.5 Å². The third kappa shape index (κ3) is 4.01. The summed E-state index contributed by atoms with van der Waals surface area (Å²) < 4.78 is 40.8. The second-order valence-corrected chi connectivity index (χ2v) is 8.80. The molecule has 1 aliphatic heterocycles. The Morgan fingerprint density at radius 3 is 2.21 bits per heavy atom. The number of methoxy groups -OCH3 is 4. The second kappa shape index (κ2) is 10.3. The molecular formula is C30H30O8. The molecular weight excluding hydrogens is 488 g/mol. The molecule has 1 aliphatic carbocycles. The van der Waals surface area contributed by atoms with Crippen LogP contribution in [0.4, 0.5) is 4.79 Å². The largest absolute Gasteiger partial charge is 0.508 e. The van der Waals surface area contributed by atoms with E-state index in [9.17, 15) is 4.79 Å². The van der Waals surface area contributed by atoms with E-state index in [0.717, 1.165) is 28.0 Å². The third-order valence-electron chi connectivity index (χ3n) is 6.92. The highest BCUT2D eigenvalue weighted by Gasteiger charge is 2.65. The maximum absolute atomic E-state index is 12.7. The van der Waals surface area contributed by atoms with Gasteiger partial charge in [0.25, 0.3) is 5.79 Å². The standard InChI is InChI=1S/C30H30O8/c1-6-36-30-27(26-22(34-4)16-21(33-3)17-23(26)38-30)24(19-12-14-20(32-2)15-13-19)25(18-10-8-7-9-11-18)28(30)37-29(31)35-5/h7-17,25,28H,6H2,1-5H3/t25-,28-,30-/m1/s1. The molecule has 3 aromatic rings. The highest BCUT2D eigenvalue weighted by atomic mass is 16.8. The average Bonchev–Trinajstić information content (AvgIpc) is 3.41. The van der Waals surface area contributed by atoms with Gasteiger partial charge in [-0.1, -0.05) is 42.5 Å². The summed E-state index contributed by atoms with van der Waals surface area (Å²) in [5.41, 5.74) is 4.13. The Morgan fingerprint density at radius 2 is 1.61 bits per heavy atom. The molecule has 0 unspecified atom stereocenters. The van der Waals surface area contributed by atoms with Crippen LogP contribution in [0.3, 0.4) is 0 Å².